The predicted molar refractivity (Wildman–Crippen MR) is 70.2 cm³/mol. The van der Waals surface area contributed by atoms with Crippen molar-refractivity contribution in [2.24, 2.45) is 0 Å². The molecule has 92 valence electrons. The van der Waals surface area contributed by atoms with Gasteiger partial charge in [0.2, 0.25) is 0 Å². The maximum atomic E-state index is 12.3. The molecule has 4 heteroatoms. The summed E-state index contributed by atoms with van der Waals surface area (Å²) in [5.74, 6) is -0.0680. The Bertz CT molecular complexity index is 406. The third-order valence-electron chi connectivity index (χ3n) is 2.34. The minimum atomic E-state index is -0.259. The lowest BCUT2D eigenvalue weighted by atomic mass is 10.0. The van der Waals surface area contributed by atoms with Crippen LogP contribution in [0.15, 0.2) is 31.0 Å². The molecule has 0 atom stereocenters. The van der Waals surface area contributed by atoms with E-state index < -0.39 is 0 Å². The zero-order valence-electron chi connectivity index (χ0n) is 10.4. The number of aromatic nitrogens is 1. The number of nitrogens with zero attached hydrogens (tertiary/aromatic N) is 2. The highest BCUT2D eigenvalue weighted by Crippen LogP contribution is 2.17. The third-order valence-corrected chi connectivity index (χ3v) is 2.56. The number of hydrogen-bond acceptors (Lipinski definition) is 2. The number of carbonyl (C=O) groups is 1. The molecule has 0 aliphatic rings. The number of pyridine rings is 1. The van der Waals surface area contributed by atoms with Crippen molar-refractivity contribution in [1.82, 2.24) is 9.88 Å². The molecule has 1 aromatic heterocycles. The van der Waals surface area contributed by atoms with Crippen molar-refractivity contribution in [3.05, 3.63) is 41.7 Å². The lowest BCUT2D eigenvalue weighted by Gasteiger charge is -2.34. The lowest BCUT2D eigenvalue weighted by molar-refractivity contribution is 0.0616. The largest absolute Gasteiger partial charge is 0.330 e. The first kappa shape index (κ1) is 13.7. The summed E-state index contributed by atoms with van der Waals surface area (Å²) >= 11 is 5.69. The molecule has 0 unspecified atom stereocenters. The van der Waals surface area contributed by atoms with Gasteiger partial charge in [0.25, 0.3) is 5.91 Å². The molecule has 0 bridgehead atoms. The van der Waals surface area contributed by atoms with Crippen LogP contribution in [0.5, 0.6) is 0 Å². The topological polar surface area (TPSA) is 33.2 Å². The molecule has 0 aromatic carbocycles. The van der Waals surface area contributed by atoms with E-state index in [1.54, 1.807) is 23.1 Å². The Morgan fingerprint density at radius 3 is 2.59 bits per heavy atom. The molecule has 0 radical (unpaired) electrons. The summed E-state index contributed by atoms with van der Waals surface area (Å²) < 4.78 is 0. The van der Waals surface area contributed by atoms with Crippen LogP contribution in [-0.2, 0) is 0 Å². The number of hydrogen-bond donors (Lipinski definition) is 0. The van der Waals surface area contributed by atoms with E-state index in [4.69, 9.17) is 11.6 Å². The fourth-order valence-electron chi connectivity index (χ4n) is 1.45. The van der Waals surface area contributed by atoms with Crippen LogP contribution in [0, 0.1) is 0 Å². The number of halogens is 1. The van der Waals surface area contributed by atoms with Gasteiger partial charge in [-0.15, -0.1) is 6.58 Å². The van der Waals surface area contributed by atoms with E-state index in [1.807, 2.05) is 20.8 Å². The molecule has 0 spiro atoms. The number of amides is 1. The fraction of sp³-hybridized carbons (Fsp3) is 0.385. The standard InChI is InChI=1S/C13H17ClN2O/c1-5-8-16(13(2,3)4)12(17)10-6-7-11(14)15-9-10/h5-7,9H,1,8H2,2-4H3. The van der Waals surface area contributed by atoms with Crippen molar-refractivity contribution in [2.45, 2.75) is 26.3 Å². The summed E-state index contributed by atoms with van der Waals surface area (Å²) in [6.45, 7) is 10.1. The van der Waals surface area contributed by atoms with E-state index in [0.29, 0.717) is 17.3 Å². The highest BCUT2D eigenvalue weighted by Gasteiger charge is 2.26. The summed E-state index contributed by atoms with van der Waals surface area (Å²) in [5.41, 5.74) is 0.274. The van der Waals surface area contributed by atoms with Crippen LogP contribution in [0.25, 0.3) is 0 Å². The molecule has 17 heavy (non-hydrogen) atoms. The van der Waals surface area contributed by atoms with Crippen LogP contribution in [0.2, 0.25) is 5.15 Å². The normalized spacial score (nSPS) is 11.1. The Morgan fingerprint density at radius 2 is 2.18 bits per heavy atom. The molecule has 0 N–H and O–H groups in total. The van der Waals surface area contributed by atoms with E-state index in [9.17, 15) is 4.79 Å². The van der Waals surface area contributed by atoms with Gasteiger partial charge in [-0.3, -0.25) is 4.79 Å². The molecule has 0 saturated carbocycles. The van der Waals surface area contributed by atoms with Crippen molar-refractivity contribution >= 4 is 17.5 Å². The average Bonchev–Trinajstić information content (AvgIpc) is 2.24. The van der Waals surface area contributed by atoms with E-state index >= 15 is 0 Å². The van der Waals surface area contributed by atoms with Gasteiger partial charge in [-0.1, -0.05) is 17.7 Å². The van der Waals surface area contributed by atoms with E-state index in [0.717, 1.165) is 0 Å². The van der Waals surface area contributed by atoms with Gasteiger partial charge in [0.1, 0.15) is 5.15 Å². The fourth-order valence-corrected chi connectivity index (χ4v) is 1.56. The molecular weight excluding hydrogens is 236 g/mol. The lowest BCUT2D eigenvalue weighted by Crippen LogP contribution is -2.45. The predicted octanol–water partition coefficient (Wildman–Crippen LogP) is 3.16. The van der Waals surface area contributed by atoms with Crippen molar-refractivity contribution in [3.63, 3.8) is 0 Å². The van der Waals surface area contributed by atoms with Crippen molar-refractivity contribution in [1.29, 1.82) is 0 Å². The quantitative estimate of drug-likeness (QED) is 0.612. The zero-order valence-corrected chi connectivity index (χ0v) is 11.2. The van der Waals surface area contributed by atoms with Crippen LogP contribution in [-0.4, -0.2) is 27.9 Å². The van der Waals surface area contributed by atoms with Crippen molar-refractivity contribution < 1.29 is 4.79 Å². The summed E-state index contributed by atoms with van der Waals surface area (Å²) in [5, 5.41) is 0.382. The van der Waals surface area contributed by atoms with Gasteiger partial charge in [0.15, 0.2) is 0 Å². The molecule has 1 rings (SSSR count). The maximum absolute atomic E-state index is 12.3. The molecule has 1 heterocycles. The number of rotatable bonds is 3. The van der Waals surface area contributed by atoms with Gasteiger partial charge in [-0.05, 0) is 32.9 Å². The van der Waals surface area contributed by atoms with Gasteiger partial charge in [-0.2, -0.15) is 0 Å². The molecular formula is C13H17ClN2O. The van der Waals surface area contributed by atoms with E-state index in [1.165, 1.54) is 6.20 Å². The third kappa shape index (κ3) is 3.56. The molecule has 0 aliphatic carbocycles. The van der Waals surface area contributed by atoms with Crippen LogP contribution < -0.4 is 0 Å². The van der Waals surface area contributed by atoms with Gasteiger partial charge >= 0.3 is 0 Å². The molecule has 3 nitrogen and oxygen atoms in total. The van der Waals surface area contributed by atoms with Gasteiger partial charge in [-0.25, -0.2) is 4.98 Å². The Hall–Kier alpha value is -1.35. The first-order valence-electron chi connectivity index (χ1n) is 5.40. The molecule has 0 saturated heterocycles. The van der Waals surface area contributed by atoms with E-state index in [-0.39, 0.29) is 11.4 Å². The van der Waals surface area contributed by atoms with Crippen molar-refractivity contribution in [3.8, 4) is 0 Å². The summed E-state index contributed by atoms with van der Waals surface area (Å²) in [6.07, 6.45) is 3.21. The van der Waals surface area contributed by atoms with Crippen LogP contribution >= 0.6 is 11.6 Å². The first-order chi connectivity index (χ1) is 7.86. The Labute approximate surface area is 107 Å². The first-order valence-corrected chi connectivity index (χ1v) is 5.78. The molecule has 0 fully saturated rings. The molecule has 1 amide bonds. The smallest absolute Gasteiger partial charge is 0.256 e. The summed E-state index contributed by atoms with van der Waals surface area (Å²) in [6, 6.07) is 3.29. The zero-order chi connectivity index (χ0) is 13.1. The second kappa shape index (κ2) is 5.32. The van der Waals surface area contributed by atoms with Gasteiger partial charge < -0.3 is 4.90 Å². The van der Waals surface area contributed by atoms with E-state index in [2.05, 4.69) is 11.6 Å². The number of carbonyl (C=O) groups excluding carboxylic acids is 1. The summed E-state index contributed by atoms with van der Waals surface area (Å²) in [4.78, 5) is 17.9. The van der Waals surface area contributed by atoms with Crippen LogP contribution in [0.1, 0.15) is 31.1 Å². The second-order valence-electron chi connectivity index (χ2n) is 4.74. The Balaban J connectivity index is 3.00. The second-order valence-corrected chi connectivity index (χ2v) is 5.13. The van der Waals surface area contributed by atoms with Crippen molar-refractivity contribution in [2.75, 3.05) is 6.54 Å². The minimum absolute atomic E-state index is 0.0680. The monoisotopic (exact) mass is 252 g/mol. The minimum Gasteiger partial charge on any atom is -0.330 e. The average molecular weight is 253 g/mol. The summed E-state index contributed by atoms with van der Waals surface area (Å²) in [7, 11) is 0. The Morgan fingerprint density at radius 1 is 1.53 bits per heavy atom. The van der Waals surface area contributed by atoms with Gasteiger partial charge in [0, 0.05) is 18.3 Å². The highest BCUT2D eigenvalue weighted by atomic mass is 35.5. The van der Waals surface area contributed by atoms with Crippen LogP contribution in [0.4, 0.5) is 0 Å². The van der Waals surface area contributed by atoms with Crippen LogP contribution in [0.3, 0.4) is 0 Å². The highest BCUT2D eigenvalue weighted by molar-refractivity contribution is 6.29. The Kier molecular flexibility index (Phi) is 4.29. The SMILES string of the molecule is C=CCN(C(=O)c1ccc(Cl)nc1)C(C)(C)C. The maximum Gasteiger partial charge on any atom is 0.256 e. The molecule has 1 aromatic rings. The van der Waals surface area contributed by atoms with Gasteiger partial charge in [0.05, 0.1) is 5.56 Å². The molecule has 0 aliphatic heterocycles.